The number of hydrogen-bond donors (Lipinski definition) is 1. The second-order valence-corrected chi connectivity index (χ2v) is 6.43. The van der Waals surface area contributed by atoms with Gasteiger partial charge >= 0.3 is 0 Å². The SMILES string of the molecule is CCOC1CC(NC(C)c2ccc(Cl)cc2)C1(C)C. The maximum atomic E-state index is 5.92. The Morgan fingerprint density at radius 2 is 2.00 bits per heavy atom. The highest BCUT2D eigenvalue weighted by Crippen LogP contribution is 2.43. The van der Waals surface area contributed by atoms with Gasteiger partial charge in [-0.05, 0) is 38.0 Å². The molecule has 19 heavy (non-hydrogen) atoms. The Labute approximate surface area is 121 Å². The van der Waals surface area contributed by atoms with E-state index in [-0.39, 0.29) is 5.41 Å². The number of halogens is 1. The van der Waals surface area contributed by atoms with Gasteiger partial charge in [0.1, 0.15) is 0 Å². The molecule has 0 spiro atoms. The first-order valence-corrected chi connectivity index (χ1v) is 7.46. The van der Waals surface area contributed by atoms with Crippen LogP contribution in [-0.4, -0.2) is 18.8 Å². The average molecular weight is 282 g/mol. The molecule has 3 atom stereocenters. The molecule has 1 N–H and O–H groups in total. The van der Waals surface area contributed by atoms with E-state index in [0.29, 0.717) is 18.2 Å². The van der Waals surface area contributed by atoms with Gasteiger partial charge in [-0.1, -0.05) is 37.6 Å². The lowest BCUT2D eigenvalue weighted by Crippen LogP contribution is -2.61. The van der Waals surface area contributed by atoms with E-state index in [2.05, 4.69) is 45.1 Å². The molecule has 0 saturated heterocycles. The third-order valence-corrected chi connectivity index (χ3v) is 4.62. The molecule has 0 aliphatic heterocycles. The molecule has 3 heteroatoms. The summed E-state index contributed by atoms with van der Waals surface area (Å²) < 4.78 is 5.77. The van der Waals surface area contributed by atoms with Crippen LogP contribution in [0.3, 0.4) is 0 Å². The molecule has 1 saturated carbocycles. The molecule has 1 fully saturated rings. The quantitative estimate of drug-likeness (QED) is 0.874. The second-order valence-electron chi connectivity index (χ2n) is 5.99. The van der Waals surface area contributed by atoms with Gasteiger partial charge in [-0.2, -0.15) is 0 Å². The van der Waals surface area contributed by atoms with Crippen LogP contribution in [0.1, 0.15) is 45.7 Å². The highest BCUT2D eigenvalue weighted by atomic mass is 35.5. The van der Waals surface area contributed by atoms with E-state index in [1.54, 1.807) is 0 Å². The molecular formula is C16H24ClNO. The fourth-order valence-corrected chi connectivity index (χ4v) is 2.93. The van der Waals surface area contributed by atoms with Crippen molar-refractivity contribution >= 4 is 11.6 Å². The van der Waals surface area contributed by atoms with E-state index in [9.17, 15) is 0 Å². The van der Waals surface area contributed by atoms with Crippen molar-refractivity contribution in [3.8, 4) is 0 Å². The predicted molar refractivity (Wildman–Crippen MR) is 80.6 cm³/mol. The highest BCUT2D eigenvalue weighted by molar-refractivity contribution is 6.30. The van der Waals surface area contributed by atoms with E-state index >= 15 is 0 Å². The number of nitrogens with one attached hydrogen (secondary N) is 1. The normalized spacial score (nSPS) is 26.8. The molecular weight excluding hydrogens is 258 g/mol. The zero-order valence-corrected chi connectivity index (χ0v) is 13.0. The van der Waals surface area contributed by atoms with Crippen molar-refractivity contribution in [2.45, 2.75) is 52.3 Å². The van der Waals surface area contributed by atoms with Gasteiger partial charge in [0.15, 0.2) is 0 Å². The lowest BCUT2D eigenvalue weighted by atomic mass is 9.64. The van der Waals surface area contributed by atoms with Crippen molar-refractivity contribution in [1.82, 2.24) is 5.32 Å². The van der Waals surface area contributed by atoms with Gasteiger partial charge < -0.3 is 10.1 Å². The second kappa shape index (κ2) is 5.82. The van der Waals surface area contributed by atoms with Crippen LogP contribution in [-0.2, 0) is 4.74 Å². The fourth-order valence-electron chi connectivity index (χ4n) is 2.80. The molecule has 3 unspecified atom stereocenters. The standard InChI is InChI=1S/C16H24ClNO/c1-5-19-15-10-14(16(15,3)4)18-11(2)12-6-8-13(17)9-7-12/h6-9,11,14-15,18H,5,10H2,1-4H3. The number of hydrogen-bond acceptors (Lipinski definition) is 2. The first kappa shape index (κ1) is 14.8. The summed E-state index contributed by atoms with van der Waals surface area (Å²) in [6.07, 6.45) is 1.48. The van der Waals surface area contributed by atoms with Gasteiger partial charge in [-0.15, -0.1) is 0 Å². The van der Waals surface area contributed by atoms with Gasteiger partial charge in [0.05, 0.1) is 6.10 Å². The zero-order chi connectivity index (χ0) is 14.0. The predicted octanol–water partition coefficient (Wildman–Crippen LogP) is 4.19. The Hall–Kier alpha value is -0.570. The molecule has 2 nitrogen and oxygen atoms in total. The Balaban J connectivity index is 1.93. The van der Waals surface area contributed by atoms with Crippen LogP contribution in [0.5, 0.6) is 0 Å². The summed E-state index contributed by atoms with van der Waals surface area (Å²) >= 11 is 5.92. The Bertz CT molecular complexity index is 415. The van der Waals surface area contributed by atoms with Crippen LogP contribution >= 0.6 is 11.6 Å². The van der Waals surface area contributed by atoms with Gasteiger partial charge in [0, 0.05) is 29.1 Å². The average Bonchev–Trinajstić information content (AvgIpc) is 2.38. The van der Waals surface area contributed by atoms with E-state index < -0.39 is 0 Å². The van der Waals surface area contributed by atoms with Gasteiger partial charge in [0.25, 0.3) is 0 Å². The minimum atomic E-state index is 0.205. The summed E-state index contributed by atoms with van der Waals surface area (Å²) in [4.78, 5) is 0. The summed E-state index contributed by atoms with van der Waals surface area (Å²) in [6.45, 7) is 9.63. The first-order valence-electron chi connectivity index (χ1n) is 7.08. The number of rotatable bonds is 5. The monoisotopic (exact) mass is 281 g/mol. The Morgan fingerprint density at radius 1 is 1.37 bits per heavy atom. The van der Waals surface area contributed by atoms with Crippen molar-refractivity contribution in [2.24, 2.45) is 5.41 Å². The zero-order valence-electron chi connectivity index (χ0n) is 12.2. The largest absolute Gasteiger partial charge is 0.378 e. The lowest BCUT2D eigenvalue weighted by molar-refractivity contribution is -0.116. The number of ether oxygens (including phenoxy) is 1. The van der Waals surface area contributed by atoms with Crippen LogP contribution in [0, 0.1) is 5.41 Å². The van der Waals surface area contributed by atoms with E-state index in [1.807, 2.05) is 12.1 Å². The van der Waals surface area contributed by atoms with Crippen LogP contribution < -0.4 is 5.32 Å². The van der Waals surface area contributed by atoms with Gasteiger partial charge in [-0.3, -0.25) is 0 Å². The molecule has 106 valence electrons. The smallest absolute Gasteiger partial charge is 0.0655 e. The molecule has 1 aromatic rings. The fraction of sp³-hybridized carbons (Fsp3) is 0.625. The minimum Gasteiger partial charge on any atom is -0.378 e. The number of benzene rings is 1. The minimum absolute atomic E-state index is 0.205. The molecule has 1 aromatic carbocycles. The van der Waals surface area contributed by atoms with Crippen molar-refractivity contribution in [2.75, 3.05) is 6.61 Å². The van der Waals surface area contributed by atoms with Crippen molar-refractivity contribution in [1.29, 1.82) is 0 Å². The summed E-state index contributed by atoms with van der Waals surface area (Å²) in [7, 11) is 0. The molecule has 0 aromatic heterocycles. The summed E-state index contributed by atoms with van der Waals surface area (Å²) in [5, 5.41) is 4.50. The molecule has 0 radical (unpaired) electrons. The Morgan fingerprint density at radius 3 is 2.53 bits per heavy atom. The summed E-state index contributed by atoms with van der Waals surface area (Å²) in [5.74, 6) is 0. The van der Waals surface area contributed by atoms with Crippen LogP contribution in [0.4, 0.5) is 0 Å². The summed E-state index contributed by atoms with van der Waals surface area (Å²) in [6, 6.07) is 8.92. The van der Waals surface area contributed by atoms with E-state index in [4.69, 9.17) is 16.3 Å². The lowest BCUT2D eigenvalue weighted by Gasteiger charge is -2.52. The van der Waals surface area contributed by atoms with Crippen molar-refractivity contribution in [3.63, 3.8) is 0 Å². The van der Waals surface area contributed by atoms with Gasteiger partial charge in [-0.25, -0.2) is 0 Å². The molecule has 1 aliphatic carbocycles. The molecule has 0 heterocycles. The Kier molecular flexibility index (Phi) is 4.54. The first-order chi connectivity index (χ1) is 8.95. The maximum absolute atomic E-state index is 5.92. The third kappa shape index (κ3) is 3.13. The van der Waals surface area contributed by atoms with Crippen LogP contribution in [0.15, 0.2) is 24.3 Å². The molecule has 0 amide bonds. The van der Waals surface area contributed by atoms with Crippen LogP contribution in [0.2, 0.25) is 5.02 Å². The molecule has 1 aliphatic rings. The highest BCUT2D eigenvalue weighted by Gasteiger charge is 2.48. The van der Waals surface area contributed by atoms with Gasteiger partial charge in [0.2, 0.25) is 0 Å². The molecule has 2 rings (SSSR count). The third-order valence-electron chi connectivity index (χ3n) is 4.37. The van der Waals surface area contributed by atoms with Crippen molar-refractivity contribution in [3.05, 3.63) is 34.9 Å². The topological polar surface area (TPSA) is 21.3 Å². The maximum Gasteiger partial charge on any atom is 0.0655 e. The summed E-state index contributed by atoms with van der Waals surface area (Å²) in [5.41, 5.74) is 1.48. The van der Waals surface area contributed by atoms with E-state index in [0.717, 1.165) is 18.1 Å². The molecule has 0 bridgehead atoms. The van der Waals surface area contributed by atoms with Crippen molar-refractivity contribution < 1.29 is 4.74 Å². The van der Waals surface area contributed by atoms with E-state index in [1.165, 1.54) is 5.56 Å². The van der Waals surface area contributed by atoms with Crippen LogP contribution in [0.25, 0.3) is 0 Å².